The molecule has 0 aliphatic carbocycles. The average molecular weight is 491 g/mol. The normalized spacial score (nSPS) is 19.8. The predicted molar refractivity (Wildman–Crippen MR) is 141 cm³/mol. The van der Waals surface area contributed by atoms with Crippen molar-refractivity contribution in [2.24, 2.45) is 0 Å². The van der Waals surface area contributed by atoms with Crippen molar-refractivity contribution in [1.29, 1.82) is 0 Å². The Bertz CT molecular complexity index is 1100. The highest BCUT2D eigenvalue weighted by Crippen LogP contribution is 2.26. The lowest BCUT2D eigenvalue weighted by molar-refractivity contribution is -0.128. The molecule has 36 heavy (non-hydrogen) atoms. The first kappa shape index (κ1) is 24.8. The van der Waals surface area contributed by atoms with E-state index in [1.807, 2.05) is 21.9 Å². The van der Waals surface area contributed by atoms with Crippen LogP contribution in [0.25, 0.3) is 0 Å². The highest BCUT2D eigenvalue weighted by Gasteiger charge is 2.28. The number of aliphatic hydroxyl groups excluding tert-OH is 1. The molecule has 0 radical (unpaired) electrons. The van der Waals surface area contributed by atoms with Crippen LogP contribution in [0.3, 0.4) is 0 Å². The van der Waals surface area contributed by atoms with Gasteiger partial charge in [0.25, 0.3) is 5.91 Å². The van der Waals surface area contributed by atoms with Gasteiger partial charge in [0.1, 0.15) is 0 Å². The molecule has 192 valence electrons. The highest BCUT2D eigenvalue weighted by atomic mass is 16.3. The number of amides is 2. The second-order valence-electron chi connectivity index (χ2n) is 10.5. The molecule has 3 heterocycles. The smallest absolute Gasteiger partial charge is 0.254 e. The van der Waals surface area contributed by atoms with Crippen LogP contribution < -0.4 is 4.90 Å². The molecule has 0 aromatic heterocycles. The summed E-state index contributed by atoms with van der Waals surface area (Å²) in [6.07, 6.45) is 3.30. The summed E-state index contributed by atoms with van der Waals surface area (Å²) >= 11 is 0. The van der Waals surface area contributed by atoms with Crippen LogP contribution in [0.1, 0.15) is 46.8 Å². The molecule has 1 saturated heterocycles. The minimum absolute atomic E-state index is 0.0151. The van der Waals surface area contributed by atoms with Gasteiger partial charge in [-0.3, -0.25) is 14.5 Å². The molecular weight excluding hydrogens is 452 g/mol. The van der Waals surface area contributed by atoms with Crippen LogP contribution in [0.4, 0.5) is 5.69 Å². The van der Waals surface area contributed by atoms with Gasteiger partial charge >= 0.3 is 0 Å². The number of benzene rings is 2. The Morgan fingerprint density at radius 2 is 1.67 bits per heavy atom. The standard InChI is InChI=1S/C29H38N4O3/c1-22(34)31-12-4-5-13-32(17-16-31)26-8-9-28-24(18-26)11-15-33(29(28)36)21-27(35)20-30-14-10-23-6-2-3-7-25(23)19-30/h2-3,6-9,18,27,35H,4-5,10-17,19-21H2,1H3. The SMILES string of the molecule is CC(=O)N1CCCCN(c2ccc3c(c2)CCN(CC(O)CN2CCc4ccccc4C2)C3=O)CC1. The lowest BCUT2D eigenvalue weighted by Crippen LogP contribution is -2.46. The number of fused-ring (bicyclic) bond motifs is 2. The lowest BCUT2D eigenvalue weighted by atomic mass is 9.97. The van der Waals surface area contributed by atoms with Gasteiger partial charge in [0.2, 0.25) is 5.91 Å². The maximum atomic E-state index is 13.3. The first-order valence-corrected chi connectivity index (χ1v) is 13.4. The second-order valence-corrected chi connectivity index (χ2v) is 10.5. The molecule has 2 aromatic carbocycles. The fourth-order valence-corrected chi connectivity index (χ4v) is 5.86. The van der Waals surface area contributed by atoms with Gasteiger partial charge in [-0.25, -0.2) is 0 Å². The van der Waals surface area contributed by atoms with Crippen LogP contribution in [-0.2, 0) is 24.2 Å². The van der Waals surface area contributed by atoms with Crippen LogP contribution in [0.2, 0.25) is 0 Å². The zero-order chi connectivity index (χ0) is 25.1. The number of hydrogen-bond donors (Lipinski definition) is 1. The third-order valence-corrected chi connectivity index (χ3v) is 7.92. The average Bonchev–Trinajstić information content (AvgIpc) is 2.85. The molecule has 0 bridgehead atoms. The van der Waals surface area contributed by atoms with Crippen LogP contribution in [0.15, 0.2) is 42.5 Å². The fourth-order valence-electron chi connectivity index (χ4n) is 5.86. The molecule has 7 nitrogen and oxygen atoms in total. The minimum atomic E-state index is -0.565. The minimum Gasteiger partial charge on any atom is -0.390 e. The molecule has 0 saturated carbocycles. The third-order valence-electron chi connectivity index (χ3n) is 7.92. The number of hydrogen-bond acceptors (Lipinski definition) is 5. The van der Waals surface area contributed by atoms with E-state index in [9.17, 15) is 14.7 Å². The van der Waals surface area contributed by atoms with Crippen molar-refractivity contribution in [2.75, 3.05) is 57.3 Å². The molecule has 0 spiro atoms. The monoisotopic (exact) mass is 490 g/mol. The summed E-state index contributed by atoms with van der Waals surface area (Å²) in [5.41, 5.74) is 5.70. The van der Waals surface area contributed by atoms with Crippen LogP contribution >= 0.6 is 0 Å². The van der Waals surface area contributed by atoms with Gasteiger partial charge in [-0.2, -0.15) is 0 Å². The molecule has 7 heteroatoms. The molecule has 1 atom stereocenters. The Kier molecular flexibility index (Phi) is 7.58. The number of aliphatic hydroxyl groups is 1. The van der Waals surface area contributed by atoms with E-state index in [4.69, 9.17) is 0 Å². The van der Waals surface area contributed by atoms with E-state index in [0.717, 1.165) is 81.8 Å². The first-order chi connectivity index (χ1) is 17.5. The van der Waals surface area contributed by atoms with Crippen LogP contribution in [0.5, 0.6) is 0 Å². The van der Waals surface area contributed by atoms with Gasteiger partial charge in [0.15, 0.2) is 0 Å². The molecule has 2 amide bonds. The van der Waals surface area contributed by atoms with E-state index < -0.39 is 6.10 Å². The Balaban J connectivity index is 1.18. The van der Waals surface area contributed by atoms with Crippen LogP contribution in [0, 0.1) is 0 Å². The molecule has 1 N–H and O–H groups in total. The predicted octanol–water partition coefficient (Wildman–Crippen LogP) is 2.55. The largest absolute Gasteiger partial charge is 0.390 e. The summed E-state index contributed by atoms with van der Waals surface area (Å²) in [5.74, 6) is 0.154. The quantitative estimate of drug-likeness (QED) is 0.698. The van der Waals surface area contributed by atoms with Gasteiger partial charge in [-0.15, -0.1) is 0 Å². The summed E-state index contributed by atoms with van der Waals surface area (Å²) in [6, 6.07) is 14.7. The molecular formula is C29H38N4O3. The van der Waals surface area contributed by atoms with E-state index >= 15 is 0 Å². The summed E-state index contributed by atoms with van der Waals surface area (Å²) in [6.45, 7) is 8.37. The Morgan fingerprint density at radius 3 is 2.50 bits per heavy atom. The number of carbonyl (C=O) groups is 2. The van der Waals surface area contributed by atoms with Crippen molar-refractivity contribution >= 4 is 17.5 Å². The van der Waals surface area contributed by atoms with E-state index in [2.05, 4.69) is 40.1 Å². The highest BCUT2D eigenvalue weighted by molar-refractivity contribution is 5.97. The van der Waals surface area contributed by atoms with Gasteiger partial charge in [0.05, 0.1) is 6.10 Å². The Morgan fingerprint density at radius 1 is 0.889 bits per heavy atom. The molecule has 2 aromatic rings. The summed E-state index contributed by atoms with van der Waals surface area (Å²) in [4.78, 5) is 33.5. The van der Waals surface area contributed by atoms with E-state index in [-0.39, 0.29) is 11.8 Å². The van der Waals surface area contributed by atoms with E-state index in [0.29, 0.717) is 19.6 Å². The van der Waals surface area contributed by atoms with Crippen molar-refractivity contribution in [3.63, 3.8) is 0 Å². The summed E-state index contributed by atoms with van der Waals surface area (Å²) in [5, 5.41) is 10.8. The van der Waals surface area contributed by atoms with Crippen molar-refractivity contribution in [3.05, 3.63) is 64.7 Å². The summed E-state index contributed by atoms with van der Waals surface area (Å²) < 4.78 is 0. The second kappa shape index (κ2) is 11.0. The molecule has 3 aliphatic heterocycles. The number of β-amino-alcohol motifs (C(OH)–C–C–N with tert-alkyl or cyclic N) is 1. The zero-order valence-electron chi connectivity index (χ0n) is 21.4. The van der Waals surface area contributed by atoms with E-state index in [1.165, 1.54) is 11.1 Å². The van der Waals surface area contributed by atoms with Crippen LogP contribution in [-0.4, -0.2) is 90.1 Å². The molecule has 1 fully saturated rings. The first-order valence-electron chi connectivity index (χ1n) is 13.4. The third kappa shape index (κ3) is 5.57. The van der Waals surface area contributed by atoms with Gasteiger partial charge < -0.3 is 19.8 Å². The van der Waals surface area contributed by atoms with Crippen molar-refractivity contribution < 1.29 is 14.7 Å². The zero-order valence-corrected chi connectivity index (χ0v) is 21.4. The number of nitrogens with zero attached hydrogens (tertiary/aromatic N) is 4. The lowest BCUT2D eigenvalue weighted by Gasteiger charge is -2.35. The number of rotatable bonds is 5. The fraction of sp³-hybridized carbons (Fsp3) is 0.517. The Hall–Kier alpha value is -2.90. The topological polar surface area (TPSA) is 67.3 Å². The van der Waals surface area contributed by atoms with Gasteiger partial charge in [0, 0.05) is 77.1 Å². The molecule has 1 unspecified atom stereocenters. The number of carbonyl (C=O) groups excluding carboxylic acids is 2. The van der Waals surface area contributed by atoms with Crippen molar-refractivity contribution in [2.45, 2.75) is 45.3 Å². The van der Waals surface area contributed by atoms with E-state index in [1.54, 1.807) is 6.92 Å². The van der Waals surface area contributed by atoms with Crippen molar-refractivity contribution in [3.8, 4) is 0 Å². The molecule has 5 rings (SSSR count). The number of anilines is 1. The van der Waals surface area contributed by atoms with Gasteiger partial charge in [-0.1, -0.05) is 24.3 Å². The maximum Gasteiger partial charge on any atom is 0.254 e. The molecule has 3 aliphatic rings. The van der Waals surface area contributed by atoms with Gasteiger partial charge in [-0.05, 0) is 60.6 Å². The summed E-state index contributed by atoms with van der Waals surface area (Å²) in [7, 11) is 0. The van der Waals surface area contributed by atoms with Crippen molar-refractivity contribution in [1.82, 2.24) is 14.7 Å². The maximum absolute atomic E-state index is 13.3. The Labute approximate surface area is 214 Å².